The average Bonchev–Trinajstić information content (AvgIpc) is 1.94. The first-order valence-corrected chi connectivity index (χ1v) is 4.54. The van der Waals surface area contributed by atoms with E-state index in [9.17, 15) is 0 Å². The van der Waals surface area contributed by atoms with Crippen molar-refractivity contribution in [2.24, 2.45) is 0 Å². The molecule has 0 unspecified atom stereocenters. The lowest BCUT2D eigenvalue weighted by atomic mass is 10.0. The normalized spacial score (nSPS) is 11.8. The van der Waals surface area contributed by atoms with E-state index in [1.807, 2.05) is 0 Å². The van der Waals surface area contributed by atoms with Crippen LogP contribution in [0.3, 0.4) is 0 Å². The molecule has 2 nitrogen and oxygen atoms in total. The molecule has 1 rings (SSSR count). The van der Waals surface area contributed by atoms with Crippen molar-refractivity contribution in [1.82, 2.24) is 0 Å². The highest BCUT2D eigenvalue weighted by atomic mass is 15.3. The van der Waals surface area contributed by atoms with Gasteiger partial charge in [-0.15, -0.1) is 0 Å². The van der Waals surface area contributed by atoms with Gasteiger partial charge in [0.15, 0.2) is 0 Å². The Hall–Kier alpha value is -0.825. The minimum Gasteiger partial charge on any atom is -0.501 e. The molecule has 0 aliphatic carbocycles. The third-order valence-electron chi connectivity index (χ3n) is 1.94. The molecule has 0 aliphatic rings. The Labute approximate surface area is 81.7 Å². The molecule has 1 heterocycles. The van der Waals surface area contributed by atoms with Crippen LogP contribution in [-0.4, -0.2) is 33.1 Å². The highest BCUT2D eigenvalue weighted by Crippen LogP contribution is 2.00. The van der Waals surface area contributed by atoms with Gasteiger partial charge in [-0.25, -0.2) is 0 Å². The van der Waals surface area contributed by atoms with Crippen LogP contribution in [0.5, 0.6) is 0 Å². The van der Waals surface area contributed by atoms with Gasteiger partial charge in [-0.1, -0.05) is 0 Å². The lowest BCUT2D eigenvalue weighted by Gasteiger charge is -2.31. The number of rotatable bonds is 2. The molecule has 0 saturated heterocycles. The lowest BCUT2D eigenvalue weighted by molar-refractivity contribution is -0.807. The second kappa shape index (κ2) is 3.50. The molecule has 2 radical (unpaired) electrons. The Morgan fingerprint density at radius 2 is 1.77 bits per heavy atom. The SMILES string of the molecule is Cc1cc[n+]([B-][N+](C)(C)C)cc1C. The number of hydrogen-bond acceptors (Lipinski definition) is 0. The second-order valence-corrected chi connectivity index (χ2v) is 4.49. The Bertz CT molecular complexity index is 302. The van der Waals surface area contributed by atoms with Gasteiger partial charge in [0.1, 0.15) is 12.4 Å². The molecule has 0 spiro atoms. The quantitative estimate of drug-likeness (QED) is 0.585. The van der Waals surface area contributed by atoms with E-state index in [0.29, 0.717) is 0 Å². The number of pyridine rings is 1. The van der Waals surface area contributed by atoms with E-state index < -0.39 is 0 Å². The molecule has 13 heavy (non-hydrogen) atoms. The molecule has 0 saturated carbocycles. The highest BCUT2D eigenvalue weighted by molar-refractivity contribution is 6.13. The van der Waals surface area contributed by atoms with Gasteiger partial charge in [-0.3, -0.25) is 0 Å². The van der Waals surface area contributed by atoms with Gasteiger partial charge in [0, 0.05) is 32.8 Å². The molecule has 0 bridgehead atoms. The van der Waals surface area contributed by atoms with Crippen molar-refractivity contribution in [3.63, 3.8) is 0 Å². The first-order chi connectivity index (χ1) is 5.88. The van der Waals surface area contributed by atoms with Gasteiger partial charge in [0.2, 0.25) is 0 Å². The first-order valence-electron chi connectivity index (χ1n) is 4.54. The summed E-state index contributed by atoms with van der Waals surface area (Å²) >= 11 is 0. The monoisotopic (exact) mass is 177 g/mol. The van der Waals surface area contributed by atoms with E-state index in [1.54, 1.807) is 0 Å². The first kappa shape index (κ1) is 10.3. The Morgan fingerprint density at radius 3 is 2.23 bits per heavy atom. The molecule has 0 aliphatic heterocycles. The molecule has 0 atom stereocenters. The van der Waals surface area contributed by atoms with E-state index in [4.69, 9.17) is 0 Å². The van der Waals surface area contributed by atoms with Crippen molar-refractivity contribution in [1.29, 1.82) is 0 Å². The van der Waals surface area contributed by atoms with Gasteiger partial charge in [0.25, 0.3) is 0 Å². The standard InChI is InChI=1S/C10H18BN2/c1-9-6-7-12(8-10(9)2)11-13(3,4)5/h6-8H,1-5H3/q+1. The van der Waals surface area contributed by atoms with Gasteiger partial charge in [0.05, 0.1) is 0 Å². The Balaban J connectivity index is 2.86. The van der Waals surface area contributed by atoms with Crippen LogP contribution >= 0.6 is 0 Å². The van der Waals surface area contributed by atoms with Crippen LogP contribution in [0.2, 0.25) is 0 Å². The highest BCUT2D eigenvalue weighted by Gasteiger charge is 2.07. The van der Waals surface area contributed by atoms with E-state index in [-0.39, 0.29) is 0 Å². The van der Waals surface area contributed by atoms with Crippen molar-refractivity contribution in [2.45, 2.75) is 13.8 Å². The minimum absolute atomic E-state index is 0.827. The number of hydrogen-bond donors (Lipinski definition) is 0. The van der Waals surface area contributed by atoms with Gasteiger partial charge in [-0.2, -0.15) is 0 Å². The molecule has 3 heteroatoms. The van der Waals surface area contributed by atoms with Crippen LogP contribution in [0.15, 0.2) is 18.5 Å². The smallest absolute Gasteiger partial charge is 0.431 e. The summed E-state index contributed by atoms with van der Waals surface area (Å²) in [6.07, 6.45) is 4.24. The van der Waals surface area contributed by atoms with E-state index in [1.165, 1.54) is 11.1 Å². The van der Waals surface area contributed by atoms with E-state index in [0.717, 1.165) is 4.39 Å². The van der Waals surface area contributed by atoms with Crippen molar-refractivity contribution < 1.29 is 8.87 Å². The zero-order valence-corrected chi connectivity index (χ0v) is 9.20. The van der Waals surface area contributed by atoms with E-state index in [2.05, 4.69) is 65.5 Å². The summed E-state index contributed by atoms with van der Waals surface area (Å²) in [5.74, 6) is 0. The van der Waals surface area contributed by atoms with Crippen LogP contribution in [0.4, 0.5) is 0 Å². The summed E-state index contributed by atoms with van der Waals surface area (Å²) in [6, 6.07) is 2.14. The second-order valence-electron chi connectivity index (χ2n) is 4.49. The molecule has 70 valence electrons. The van der Waals surface area contributed by atoms with Crippen LogP contribution in [0, 0.1) is 13.8 Å². The zero-order chi connectivity index (χ0) is 10.1. The lowest BCUT2D eigenvalue weighted by Crippen LogP contribution is -2.56. The summed E-state index contributed by atoms with van der Waals surface area (Å²) in [7, 11) is 8.58. The average molecular weight is 177 g/mol. The molecule has 0 amide bonds. The summed E-state index contributed by atoms with van der Waals surface area (Å²) in [6.45, 7) is 4.26. The summed E-state index contributed by atoms with van der Waals surface area (Å²) in [4.78, 5) is 0. The van der Waals surface area contributed by atoms with Crippen molar-refractivity contribution in [2.75, 3.05) is 21.1 Å². The number of aryl methyl sites for hydroxylation is 2. The van der Waals surface area contributed by atoms with Gasteiger partial charge in [-0.05, 0) is 19.4 Å². The van der Waals surface area contributed by atoms with Crippen LogP contribution in [-0.2, 0) is 0 Å². The maximum Gasteiger partial charge on any atom is 0.431 e. The predicted molar refractivity (Wildman–Crippen MR) is 55.3 cm³/mol. The van der Waals surface area contributed by atoms with Gasteiger partial charge >= 0.3 is 7.55 Å². The maximum atomic E-state index is 2.16. The molecular weight excluding hydrogens is 159 g/mol. The topological polar surface area (TPSA) is 3.88 Å². The van der Waals surface area contributed by atoms with Crippen LogP contribution in [0.25, 0.3) is 0 Å². The molecule has 0 aromatic carbocycles. The van der Waals surface area contributed by atoms with Crippen molar-refractivity contribution >= 4 is 7.55 Å². The minimum atomic E-state index is 0.827. The predicted octanol–water partition coefficient (Wildman–Crippen LogP) is 0.679. The summed E-state index contributed by atoms with van der Waals surface area (Å²) in [5.41, 5.74) is 2.67. The number of nitrogens with zero attached hydrogens (tertiary/aromatic N) is 2. The number of aromatic nitrogens is 1. The largest absolute Gasteiger partial charge is 0.501 e. The van der Waals surface area contributed by atoms with Gasteiger partial charge < -0.3 is 8.87 Å². The Morgan fingerprint density at radius 1 is 1.15 bits per heavy atom. The van der Waals surface area contributed by atoms with Crippen LogP contribution in [0.1, 0.15) is 11.1 Å². The zero-order valence-electron chi connectivity index (χ0n) is 9.20. The fourth-order valence-electron chi connectivity index (χ4n) is 1.17. The maximum absolute atomic E-state index is 2.16. The molecule has 0 fully saturated rings. The van der Waals surface area contributed by atoms with E-state index >= 15 is 0 Å². The molecular formula is C10H18BN2+. The Kier molecular flexibility index (Phi) is 2.76. The van der Waals surface area contributed by atoms with Crippen molar-refractivity contribution in [3.8, 4) is 0 Å². The molecule has 0 N–H and O–H groups in total. The fraction of sp³-hybridized carbons (Fsp3) is 0.500. The summed E-state index contributed by atoms with van der Waals surface area (Å²) in [5, 5.41) is 0. The molecule has 1 aromatic heterocycles. The van der Waals surface area contributed by atoms with Crippen molar-refractivity contribution in [3.05, 3.63) is 29.6 Å². The summed E-state index contributed by atoms with van der Waals surface area (Å²) < 4.78 is 2.94. The third-order valence-corrected chi connectivity index (χ3v) is 1.94. The van der Waals surface area contributed by atoms with Crippen LogP contribution < -0.4 is 4.48 Å². The number of quaternary nitrogens is 1. The fourth-order valence-corrected chi connectivity index (χ4v) is 1.17. The molecule has 1 aromatic rings. The third kappa shape index (κ3) is 3.19.